The molecular formula is C17H18O8. The van der Waals surface area contributed by atoms with Crippen molar-refractivity contribution >= 4 is 5.78 Å². The van der Waals surface area contributed by atoms with E-state index < -0.39 is 17.2 Å². The number of phenolic OH excluding ortho intramolecular Hbond substituents is 5. The normalized spacial score (nSPS) is 10.4. The molecule has 0 aliphatic rings. The molecule has 0 aliphatic heterocycles. The van der Waals surface area contributed by atoms with Crippen LogP contribution in [-0.2, 0) is 4.79 Å². The fourth-order valence-electron chi connectivity index (χ4n) is 2.00. The molecule has 0 saturated heterocycles. The van der Waals surface area contributed by atoms with Crippen LogP contribution in [0.3, 0.4) is 0 Å². The van der Waals surface area contributed by atoms with E-state index in [0.717, 1.165) is 18.2 Å². The average molecular weight is 350 g/mol. The molecule has 2 aromatic carbocycles. The van der Waals surface area contributed by atoms with Gasteiger partial charge in [-0.2, -0.15) is 0 Å². The highest BCUT2D eigenvalue weighted by molar-refractivity contribution is 5.78. The van der Waals surface area contributed by atoms with Crippen molar-refractivity contribution in [1.82, 2.24) is 0 Å². The Morgan fingerprint density at radius 3 is 1.64 bits per heavy atom. The van der Waals surface area contributed by atoms with E-state index in [1.54, 1.807) is 0 Å². The van der Waals surface area contributed by atoms with Gasteiger partial charge in [-0.15, -0.1) is 0 Å². The molecule has 2 aromatic rings. The number of carbonyl (C=O) groups is 1. The molecule has 8 heteroatoms. The molecule has 2 rings (SSSR count). The van der Waals surface area contributed by atoms with Crippen LogP contribution in [-0.4, -0.2) is 44.5 Å². The fourth-order valence-corrected chi connectivity index (χ4v) is 2.00. The summed E-state index contributed by atoms with van der Waals surface area (Å²) >= 11 is 0. The van der Waals surface area contributed by atoms with Crippen molar-refractivity contribution in [2.75, 3.05) is 13.2 Å². The minimum Gasteiger partial charge on any atom is -0.508 e. The average Bonchev–Trinajstić information content (AvgIpc) is 2.51. The summed E-state index contributed by atoms with van der Waals surface area (Å²) < 4.78 is 10.5. The van der Waals surface area contributed by atoms with Crippen LogP contribution in [0.25, 0.3) is 0 Å². The molecule has 8 nitrogen and oxygen atoms in total. The minimum absolute atomic E-state index is 0.0232. The van der Waals surface area contributed by atoms with Gasteiger partial charge in [-0.3, -0.25) is 4.79 Å². The first kappa shape index (κ1) is 18.1. The molecule has 0 aromatic heterocycles. The number of ketones is 1. The number of carbonyl (C=O) groups excluding carboxylic acids is 1. The third kappa shape index (κ3) is 5.38. The van der Waals surface area contributed by atoms with Crippen molar-refractivity contribution in [2.24, 2.45) is 0 Å². The first-order valence-corrected chi connectivity index (χ1v) is 7.40. The van der Waals surface area contributed by atoms with Crippen molar-refractivity contribution < 1.29 is 39.8 Å². The highest BCUT2D eigenvalue weighted by atomic mass is 16.5. The zero-order valence-electron chi connectivity index (χ0n) is 13.2. The lowest BCUT2D eigenvalue weighted by molar-refractivity contribution is -0.120. The van der Waals surface area contributed by atoms with Gasteiger partial charge in [0.05, 0.1) is 13.2 Å². The number of benzene rings is 2. The topological polar surface area (TPSA) is 137 Å². The van der Waals surface area contributed by atoms with Crippen LogP contribution >= 0.6 is 0 Å². The van der Waals surface area contributed by atoms with Gasteiger partial charge in [-0.05, 0) is 0 Å². The van der Waals surface area contributed by atoms with Gasteiger partial charge in [0.25, 0.3) is 0 Å². The largest absolute Gasteiger partial charge is 0.508 e. The summed E-state index contributed by atoms with van der Waals surface area (Å²) in [6.45, 7) is 0.0952. The van der Waals surface area contributed by atoms with Crippen molar-refractivity contribution in [3.05, 3.63) is 30.3 Å². The van der Waals surface area contributed by atoms with Crippen LogP contribution in [0, 0.1) is 0 Å². The number of hydrogen-bond acceptors (Lipinski definition) is 8. The lowest BCUT2D eigenvalue weighted by atomic mass is 10.2. The van der Waals surface area contributed by atoms with E-state index in [0.29, 0.717) is 0 Å². The fraction of sp³-hybridized carbons (Fsp3) is 0.235. The SMILES string of the molecule is O=C(CCOc1cc(O)cc(O)c1)CCOc1cc(O)c(O)c(O)c1. The van der Waals surface area contributed by atoms with Gasteiger partial charge in [0.2, 0.25) is 5.75 Å². The molecule has 0 aliphatic carbocycles. The van der Waals surface area contributed by atoms with E-state index in [9.17, 15) is 30.3 Å². The summed E-state index contributed by atoms with van der Waals surface area (Å²) in [5.41, 5.74) is 0. The van der Waals surface area contributed by atoms with Crippen LogP contribution in [0.2, 0.25) is 0 Å². The number of aromatic hydroxyl groups is 5. The monoisotopic (exact) mass is 350 g/mol. The highest BCUT2D eigenvalue weighted by Crippen LogP contribution is 2.38. The standard InChI is InChI=1S/C17H18O8/c18-10(1-3-24-13-6-11(19)5-12(20)7-13)2-4-25-14-8-15(21)17(23)16(22)9-14/h5-9,19-23H,1-4H2. The van der Waals surface area contributed by atoms with E-state index in [1.807, 2.05) is 0 Å². The smallest absolute Gasteiger partial charge is 0.200 e. The molecule has 0 spiro atoms. The van der Waals surface area contributed by atoms with E-state index in [4.69, 9.17) is 9.47 Å². The highest BCUT2D eigenvalue weighted by Gasteiger charge is 2.10. The van der Waals surface area contributed by atoms with Gasteiger partial charge in [0.15, 0.2) is 11.5 Å². The van der Waals surface area contributed by atoms with Crippen molar-refractivity contribution in [3.63, 3.8) is 0 Å². The van der Waals surface area contributed by atoms with Gasteiger partial charge in [-0.1, -0.05) is 0 Å². The second-order valence-electron chi connectivity index (χ2n) is 5.23. The lowest BCUT2D eigenvalue weighted by Crippen LogP contribution is -2.10. The van der Waals surface area contributed by atoms with E-state index >= 15 is 0 Å². The molecule has 134 valence electrons. The van der Waals surface area contributed by atoms with Gasteiger partial charge < -0.3 is 35.0 Å². The second kappa shape index (κ2) is 8.00. The first-order chi connectivity index (χ1) is 11.8. The third-order valence-corrected chi connectivity index (χ3v) is 3.22. The summed E-state index contributed by atoms with van der Waals surface area (Å²) in [6, 6.07) is 6.04. The molecule has 0 heterocycles. The van der Waals surface area contributed by atoms with Crippen molar-refractivity contribution in [3.8, 4) is 40.2 Å². The number of hydrogen-bond donors (Lipinski definition) is 5. The third-order valence-electron chi connectivity index (χ3n) is 3.22. The molecule has 0 amide bonds. The van der Waals surface area contributed by atoms with Crippen LogP contribution in [0.1, 0.15) is 12.8 Å². The lowest BCUT2D eigenvalue weighted by Gasteiger charge is -2.09. The molecule has 0 atom stereocenters. The predicted octanol–water partition coefficient (Wildman–Crippen LogP) is 2.02. The molecule has 0 unspecified atom stereocenters. The number of Topliss-reactive ketones (excluding diaryl/α,β-unsaturated/α-hetero) is 1. The van der Waals surface area contributed by atoms with Crippen LogP contribution < -0.4 is 9.47 Å². The zero-order valence-corrected chi connectivity index (χ0v) is 13.2. The first-order valence-electron chi connectivity index (χ1n) is 7.40. The number of phenols is 5. The van der Waals surface area contributed by atoms with Gasteiger partial charge in [-0.25, -0.2) is 0 Å². The summed E-state index contributed by atoms with van der Waals surface area (Å²) in [5.74, 6) is -1.75. The van der Waals surface area contributed by atoms with Crippen LogP contribution in [0.15, 0.2) is 30.3 Å². The van der Waals surface area contributed by atoms with Gasteiger partial charge >= 0.3 is 0 Å². The maximum absolute atomic E-state index is 11.7. The Bertz CT molecular complexity index is 713. The van der Waals surface area contributed by atoms with E-state index in [-0.39, 0.29) is 54.8 Å². The molecule has 25 heavy (non-hydrogen) atoms. The molecule has 0 saturated carbocycles. The molecule has 0 radical (unpaired) electrons. The quantitative estimate of drug-likeness (QED) is 0.456. The Morgan fingerprint density at radius 2 is 1.16 bits per heavy atom. The Labute approximate surface area is 143 Å². The Hall–Kier alpha value is -3.29. The zero-order chi connectivity index (χ0) is 18.4. The van der Waals surface area contributed by atoms with E-state index in [1.165, 1.54) is 12.1 Å². The summed E-state index contributed by atoms with van der Waals surface area (Å²) in [5, 5.41) is 46.5. The maximum Gasteiger partial charge on any atom is 0.200 e. The summed E-state index contributed by atoms with van der Waals surface area (Å²) in [6.07, 6.45) is 0.183. The Morgan fingerprint density at radius 1 is 0.720 bits per heavy atom. The van der Waals surface area contributed by atoms with Crippen molar-refractivity contribution in [1.29, 1.82) is 0 Å². The van der Waals surface area contributed by atoms with Gasteiger partial charge in [0.1, 0.15) is 28.8 Å². The predicted molar refractivity (Wildman–Crippen MR) is 86.4 cm³/mol. The minimum atomic E-state index is -0.640. The Kier molecular flexibility index (Phi) is 5.78. The summed E-state index contributed by atoms with van der Waals surface area (Å²) in [7, 11) is 0. The molecule has 5 N–H and O–H groups in total. The Balaban J connectivity index is 1.72. The number of ether oxygens (including phenoxy) is 2. The number of rotatable bonds is 8. The molecule has 0 bridgehead atoms. The van der Waals surface area contributed by atoms with Crippen LogP contribution in [0.5, 0.6) is 40.2 Å². The molecule has 0 fully saturated rings. The van der Waals surface area contributed by atoms with E-state index in [2.05, 4.69) is 0 Å². The van der Waals surface area contributed by atoms with Crippen molar-refractivity contribution in [2.45, 2.75) is 12.8 Å². The van der Waals surface area contributed by atoms with Crippen LogP contribution in [0.4, 0.5) is 0 Å². The second-order valence-corrected chi connectivity index (χ2v) is 5.23. The molecular weight excluding hydrogens is 332 g/mol. The maximum atomic E-state index is 11.7. The van der Waals surface area contributed by atoms with Gasteiger partial charge in [0, 0.05) is 43.2 Å². The summed E-state index contributed by atoms with van der Waals surface area (Å²) in [4.78, 5) is 11.7.